The number of amides is 4. The van der Waals surface area contributed by atoms with E-state index < -0.39 is 29.9 Å². The number of nitrogens with one attached hydrogen (secondary N) is 3. The number of carbonyl (C=O) groups excluding carboxylic acids is 4. The zero-order chi connectivity index (χ0) is 19.9. The van der Waals surface area contributed by atoms with Crippen LogP contribution in [0.3, 0.4) is 0 Å². The van der Waals surface area contributed by atoms with Crippen molar-refractivity contribution in [2.45, 2.75) is 27.7 Å². The predicted molar refractivity (Wildman–Crippen MR) is 99.2 cm³/mol. The second kappa shape index (κ2) is 9.14. The Kier molecular flexibility index (Phi) is 7.51. The van der Waals surface area contributed by atoms with E-state index in [0.717, 1.165) is 11.3 Å². The van der Waals surface area contributed by atoms with E-state index in [1.165, 1.54) is 6.08 Å². The van der Waals surface area contributed by atoms with Gasteiger partial charge >= 0.3 is 12.0 Å². The first-order chi connectivity index (χ1) is 12.0. The summed E-state index contributed by atoms with van der Waals surface area (Å²) in [5.74, 6) is -1.63. The third-order valence-corrected chi connectivity index (χ3v) is 4.15. The maximum Gasteiger partial charge on any atom is 0.349 e. The third kappa shape index (κ3) is 6.67. The molecule has 142 valence electrons. The lowest BCUT2D eigenvalue weighted by Crippen LogP contribution is -2.41. The molecule has 4 amide bonds. The molecule has 26 heavy (non-hydrogen) atoms. The number of thiophene rings is 1. The highest BCUT2D eigenvalue weighted by Crippen LogP contribution is 2.28. The Morgan fingerprint density at radius 2 is 1.92 bits per heavy atom. The van der Waals surface area contributed by atoms with Gasteiger partial charge in [0.25, 0.3) is 5.91 Å². The van der Waals surface area contributed by atoms with Gasteiger partial charge in [-0.2, -0.15) is 0 Å². The Hall–Kier alpha value is -2.68. The van der Waals surface area contributed by atoms with Crippen molar-refractivity contribution in [1.29, 1.82) is 0 Å². The minimum atomic E-state index is -0.754. The van der Waals surface area contributed by atoms with Crippen LogP contribution in [-0.2, 0) is 14.3 Å². The number of esters is 1. The maximum atomic E-state index is 12.1. The molecule has 0 aliphatic heterocycles. The Labute approximate surface area is 156 Å². The summed E-state index contributed by atoms with van der Waals surface area (Å²) in [4.78, 5) is 47.2. The lowest BCUT2D eigenvalue weighted by atomic mass is 9.96. The highest BCUT2D eigenvalue weighted by molar-refractivity contribution is 7.18. The minimum Gasteiger partial charge on any atom is -0.451 e. The quantitative estimate of drug-likeness (QED) is 0.516. The average molecular weight is 381 g/mol. The standard InChI is InChI=1S/C17H23N3O5S/c1-6-7-18-16(24)19-11(21)9-25-14(22)13-10(2)8-12(26-13)20-15(23)17(3,4)5/h6,8H,1,7,9H2,2-5H3,(H,20,23)(H2,18,19,21,24). The summed E-state index contributed by atoms with van der Waals surface area (Å²) in [5.41, 5.74) is 0.0522. The Balaban J connectivity index is 2.60. The molecule has 0 unspecified atom stereocenters. The number of imide groups is 1. The largest absolute Gasteiger partial charge is 0.451 e. The molecule has 0 saturated heterocycles. The van der Waals surface area contributed by atoms with Crippen molar-refractivity contribution in [3.8, 4) is 0 Å². The average Bonchev–Trinajstić information content (AvgIpc) is 2.90. The summed E-state index contributed by atoms with van der Waals surface area (Å²) >= 11 is 1.06. The molecule has 1 aromatic rings. The molecule has 9 heteroatoms. The van der Waals surface area contributed by atoms with Gasteiger partial charge in [0.05, 0.1) is 5.00 Å². The molecule has 0 atom stereocenters. The summed E-state index contributed by atoms with van der Waals surface area (Å²) < 4.78 is 4.91. The van der Waals surface area contributed by atoms with Crippen molar-refractivity contribution < 1.29 is 23.9 Å². The molecule has 0 saturated carbocycles. The monoisotopic (exact) mass is 381 g/mol. The zero-order valence-corrected chi connectivity index (χ0v) is 16.0. The van der Waals surface area contributed by atoms with Crippen LogP contribution < -0.4 is 16.0 Å². The van der Waals surface area contributed by atoms with Crippen LogP contribution in [0.15, 0.2) is 18.7 Å². The summed E-state index contributed by atoms with van der Waals surface area (Å²) in [6, 6.07) is 0.957. The van der Waals surface area contributed by atoms with Gasteiger partial charge in [-0.25, -0.2) is 9.59 Å². The smallest absolute Gasteiger partial charge is 0.349 e. The van der Waals surface area contributed by atoms with Gasteiger partial charge in [-0.15, -0.1) is 17.9 Å². The maximum absolute atomic E-state index is 12.1. The van der Waals surface area contributed by atoms with E-state index in [1.807, 2.05) is 5.32 Å². The first kappa shape index (κ1) is 21.4. The van der Waals surface area contributed by atoms with E-state index >= 15 is 0 Å². The van der Waals surface area contributed by atoms with Crippen LogP contribution in [0.1, 0.15) is 36.0 Å². The molecule has 0 aliphatic rings. The summed E-state index contributed by atoms with van der Waals surface area (Å²) in [7, 11) is 0. The van der Waals surface area contributed by atoms with E-state index in [4.69, 9.17) is 4.74 Å². The van der Waals surface area contributed by atoms with Gasteiger partial charge in [0.2, 0.25) is 5.91 Å². The van der Waals surface area contributed by atoms with Gasteiger partial charge in [-0.05, 0) is 18.6 Å². The summed E-state index contributed by atoms with van der Waals surface area (Å²) in [5, 5.41) is 7.63. The number of aryl methyl sites for hydroxylation is 1. The molecular formula is C17H23N3O5S. The van der Waals surface area contributed by atoms with Gasteiger partial charge in [-0.3, -0.25) is 14.9 Å². The van der Waals surface area contributed by atoms with Crippen molar-refractivity contribution in [1.82, 2.24) is 10.6 Å². The molecular weight excluding hydrogens is 358 g/mol. The number of rotatable bonds is 6. The Bertz CT molecular complexity index is 718. The molecule has 3 N–H and O–H groups in total. The Morgan fingerprint density at radius 3 is 2.50 bits per heavy atom. The molecule has 1 rings (SSSR count). The molecule has 1 heterocycles. The van der Waals surface area contributed by atoms with Gasteiger partial charge in [0.1, 0.15) is 4.88 Å². The van der Waals surface area contributed by atoms with Crippen LogP contribution in [-0.4, -0.2) is 37.0 Å². The zero-order valence-electron chi connectivity index (χ0n) is 15.2. The third-order valence-electron chi connectivity index (χ3n) is 3.02. The highest BCUT2D eigenvalue weighted by atomic mass is 32.1. The fourth-order valence-electron chi connectivity index (χ4n) is 1.61. The van der Waals surface area contributed by atoms with E-state index in [9.17, 15) is 19.2 Å². The van der Waals surface area contributed by atoms with E-state index in [0.29, 0.717) is 10.6 Å². The minimum absolute atomic E-state index is 0.177. The number of anilines is 1. The molecule has 0 bridgehead atoms. The number of ether oxygens (including phenoxy) is 1. The van der Waals surface area contributed by atoms with Gasteiger partial charge in [0.15, 0.2) is 6.61 Å². The first-order valence-electron chi connectivity index (χ1n) is 7.82. The fraction of sp³-hybridized carbons (Fsp3) is 0.412. The molecule has 0 spiro atoms. The van der Waals surface area contributed by atoms with Crippen molar-refractivity contribution >= 4 is 40.2 Å². The number of hydrogen-bond acceptors (Lipinski definition) is 6. The summed E-state index contributed by atoms with van der Waals surface area (Å²) in [6.45, 7) is 10.1. The normalized spacial score (nSPS) is 10.6. The molecule has 8 nitrogen and oxygen atoms in total. The lowest BCUT2D eigenvalue weighted by Gasteiger charge is -2.16. The molecule has 1 aromatic heterocycles. The van der Waals surface area contributed by atoms with Crippen molar-refractivity contribution in [3.63, 3.8) is 0 Å². The second-order valence-electron chi connectivity index (χ2n) is 6.45. The lowest BCUT2D eigenvalue weighted by molar-refractivity contribution is -0.123. The number of hydrogen-bond donors (Lipinski definition) is 3. The van der Waals surface area contributed by atoms with Crippen LogP contribution >= 0.6 is 11.3 Å². The van der Waals surface area contributed by atoms with Crippen LogP contribution in [0.5, 0.6) is 0 Å². The summed E-state index contributed by atoms with van der Waals surface area (Å²) in [6.07, 6.45) is 1.46. The van der Waals surface area contributed by atoms with E-state index in [2.05, 4.69) is 17.2 Å². The van der Waals surface area contributed by atoms with Gasteiger partial charge in [0, 0.05) is 12.0 Å². The Morgan fingerprint density at radius 1 is 1.27 bits per heavy atom. The van der Waals surface area contributed by atoms with E-state index in [1.54, 1.807) is 33.8 Å². The highest BCUT2D eigenvalue weighted by Gasteiger charge is 2.23. The van der Waals surface area contributed by atoms with Gasteiger partial charge < -0.3 is 15.4 Å². The topological polar surface area (TPSA) is 114 Å². The van der Waals surface area contributed by atoms with Gasteiger partial charge in [-0.1, -0.05) is 26.8 Å². The number of carbonyl (C=O) groups is 4. The first-order valence-corrected chi connectivity index (χ1v) is 8.63. The molecule has 0 aromatic carbocycles. The van der Waals surface area contributed by atoms with E-state index in [-0.39, 0.29) is 17.3 Å². The molecule has 0 fully saturated rings. The second-order valence-corrected chi connectivity index (χ2v) is 7.50. The fourth-order valence-corrected chi connectivity index (χ4v) is 2.58. The molecule has 0 radical (unpaired) electrons. The SMILES string of the molecule is C=CCNC(=O)NC(=O)COC(=O)c1sc(NC(=O)C(C)(C)C)cc1C. The molecule has 0 aliphatic carbocycles. The van der Waals surface area contributed by atoms with Crippen LogP contribution in [0.4, 0.5) is 9.80 Å². The van der Waals surface area contributed by atoms with Crippen molar-refractivity contribution in [2.24, 2.45) is 5.41 Å². The van der Waals surface area contributed by atoms with Crippen molar-refractivity contribution in [2.75, 3.05) is 18.5 Å². The predicted octanol–water partition coefficient (Wildman–Crippen LogP) is 2.21. The number of urea groups is 1. The van der Waals surface area contributed by atoms with Crippen LogP contribution in [0.25, 0.3) is 0 Å². The van der Waals surface area contributed by atoms with Crippen LogP contribution in [0.2, 0.25) is 0 Å². The van der Waals surface area contributed by atoms with Crippen molar-refractivity contribution in [3.05, 3.63) is 29.2 Å². The van der Waals surface area contributed by atoms with Crippen LogP contribution in [0, 0.1) is 12.3 Å².